The summed E-state index contributed by atoms with van der Waals surface area (Å²) in [5.41, 5.74) is 3.39. The highest BCUT2D eigenvalue weighted by Gasteiger charge is 2.14. The van der Waals surface area contributed by atoms with Crippen LogP contribution >= 0.6 is 0 Å². The minimum Gasteiger partial charge on any atom is -0.492 e. The standard InChI is InChI=1S/C22H20N4O2/c1-16-6-4-8-18(14-16)28-13-12-26-20-10-3-2-9-19(20)24-22(26)25-21(27)17-7-5-11-23-15-17/h2-11,14-15H,12-13H2,1H3,(H,24,25,27). The molecule has 4 aromatic rings. The van der Waals surface area contributed by atoms with E-state index in [1.807, 2.05) is 60.0 Å². The quantitative estimate of drug-likeness (QED) is 0.554. The van der Waals surface area contributed by atoms with Gasteiger partial charge in [-0.05, 0) is 48.9 Å². The van der Waals surface area contributed by atoms with Crippen LogP contribution in [-0.4, -0.2) is 27.0 Å². The van der Waals surface area contributed by atoms with Crippen molar-refractivity contribution in [1.29, 1.82) is 0 Å². The summed E-state index contributed by atoms with van der Waals surface area (Å²) in [7, 11) is 0. The average molecular weight is 372 g/mol. The first-order valence-electron chi connectivity index (χ1n) is 9.07. The minimum atomic E-state index is -0.246. The number of anilines is 1. The molecule has 0 fully saturated rings. The highest BCUT2D eigenvalue weighted by atomic mass is 16.5. The molecule has 4 rings (SSSR count). The van der Waals surface area contributed by atoms with E-state index in [4.69, 9.17) is 4.74 Å². The Balaban J connectivity index is 1.55. The molecule has 1 N–H and O–H groups in total. The summed E-state index contributed by atoms with van der Waals surface area (Å²) in [4.78, 5) is 21.1. The highest BCUT2D eigenvalue weighted by Crippen LogP contribution is 2.20. The van der Waals surface area contributed by atoms with Crippen LogP contribution in [0.2, 0.25) is 0 Å². The van der Waals surface area contributed by atoms with Crippen molar-refractivity contribution in [3.63, 3.8) is 0 Å². The van der Waals surface area contributed by atoms with E-state index in [-0.39, 0.29) is 5.91 Å². The summed E-state index contributed by atoms with van der Waals surface area (Å²) in [6.45, 7) is 3.04. The van der Waals surface area contributed by atoms with Gasteiger partial charge in [-0.3, -0.25) is 15.1 Å². The Morgan fingerprint density at radius 3 is 2.82 bits per heavy atom. The Bertz CT molecular complexity index is 1110. The minimum absolute atomic E-state index is 0.246. The molecule has 0 saturated carbocycles. The van der Waals surface area contributed by atoms with Gasteiger partial charge in [-0.1, -0.05) is 24.3 Å². The van der Waals surface area contributed by atoms with Gasteiger partial charge in [-0.2, -0.15) is 0 Å². The lowest BCUT2D eigenvalue weighted by Crippen LogP contribution is -2.18. The Labute approximate surface area is 162 Å². The van der Waals surface area contributed by atoms with E-state index in [0.717, 1.165) is 22.3 Å². The zero-order valence-corrected chi connectivity index (χ0v) is 15.5. The molecule has 0 atom stereocenters. The van der Waals surface area contributed by atoms with Crippen molar-refractivity contribution in [2.45, 2.75) is 13.5 Å². The molecule has 2 aromatic carbocycles. The normalized spacial score (nSPS) is 10.8. The molecule has 0 spiro atoms. The third kappa shape index (κ3) is 3.86. The molecular formula is C22H20N4O2. The molecule has 0 aliphatic rings. The van der Waals surface area contributed by atoms with Crippen LogP contribution in [0.5, 0.6) is 5.75 Å². The molecule has 0 radical (unpaired) electrons. The number of aromatic nitrogens is 3. The van der Waals surface area contributed by atoms with Crippen LogP contribution in [0, 0.1) is 6.92 Å². The lowest BCUT2D eigenvalue weighted by Gasteiger charge is -2.11. The fourth-order valence-electron chi connectivity index (χ4n) is 3.03. The number of hydrogen-bond acceptors (Lipinski definition) is 4. The highest BCUT2D eigenvalue weighted by molar-refractivity contribution is 6.03. The zero-order chi connectivity index (χ0) is 19.3. The monoisotopic (exact) mass is 372 g/mol. The van der Waals surface area contributed by atoms with Gasteiger partial charge in [0, 0.05) is 12.4 Å². The lowest BCUT2D eigenvalue weighted by atomic mass is 10.2. The van der Waals surface area contributed by atoms with Crippen molar-refractivity contribution in [1.82, 2.24) is 14.5 Å². The number of carbonyl (C=O) groups excluding carboxylic acids is 1. The van der Waals surface area contributed by atoms with Crippen LogP contribution in [0.15, 0.2) is 73.1 Å². The number of carbonyl (C=O) groups is 1. The van der Waals surface area contributed by atoms with Gasteiger partial charge in [-0.15, -0.1) is 0 Å². The molecule has 0 aliphatic carbocycles. The number of pyridine rings is 1. The van der Waals surface area contributed by atoms with E-state index >= 15 is 0 Å². The third-order valence-electron chi connectivity index (χ3n) is 4.38. The number of nitrogens with zero attached hydrogens (tertiary/aromatic N) is 3. The summed E-state index contributed by atoms with van der Waals surface area (Å²) in [5.74, 6) is 1.07. The number of aryl methyl sites for hydroxylation is 1. The van der Waals surface area contributed by atoms with Crippen molar-refractivity contribution in [3.8, 4) is 5.75 Å². The van der Waals surface area contributed by atoms with E-state index < -0.39 is 0 Å². The van der Waals surface area contributed by atoms with E-state index in [2.05, 4.69) is 15.3 Å². The Kier molecular flexibility index (Phi) is 5.01. The number of amides is 1. The fourth-order valence-corrected chi connectivity index (χ4v) is 3.03. The summed E-state index contributed by atoms with van der Waals surface area (Å²) >= 11 is 0. The summed E-state index contributed by atoms with van der Waals surface area (Å²) < 4.78 is 7.84. The third-order valence-corrected chi connectivity index (χ3v) is 4.38. The smallest absolute Gasteiger partial charge is 0.259 e. The molecule has 2 aromatic heterocycles. The van der Waals surface area contributed by atoms with E-state index in [1.54, 1.807) is 18.3 Å². The first kappa shape index (κ1) is 17.7. The number of fused-ring (bicyclic) bond motifs is 1. The first-order valence-corrected chi connectivity index (χ1v) is 9.07. The number of benzene rings is 2. The second-order valence-electron chi connectivity index (χ2n) is 6.44. The van der Waals surface area contributed by atoms with Gasteiger partial charge in [0.2, 0.25) is 5.95 Å². The Morgan fingerprint density at radius 1 is 1.11 bits per heavy atom. The van der Waals surface area contributed by atoms with Gasteiger partial charge in [0.1, 0.15) is 12.4 Å². The van der Waals surface area contributed by atoms with Gasteiger partial charge in [0.05, 0.1) is 23.1 Å². The van der Waals surface area contributed by atoms with Gasteiger partial charge in [-0.25, -0.2) is 4.98 Å². The Hall–Kier alpha value is -3.67. The summed E-state index contributed by atoms with van der Waals surface area (Å²) in [6, 6.07) is 19.2. The second-order valence-corrected chi connectivity index (χ2v) is 6.44. The van der Waals surface area contributed by atoms with Crippen molar-refractivity contribution in [2.75, 3.05) is 11.9 Å². The molecule has 140 valence electrons. The average Bonchev–Trinajstić information content (AvgIpc) is 3.06. The van der Waals surface area contributed by atoms with Gasteiger partial charge >= 0.3 is 0 Å². The van der Waals surface area contributed by atoms with E-state index in [1.165, 1.54) is 6.20 Å². The molecular weight excluding hydrogens is 352 g/mol. The van der Waals surface area contributed by atoms with Crippen molar-refractivity contribution < 1.29 is 9.53 Å². The second kappa shape index (κ2) is 7.92. The van der Waals surface area contributed by atoms with E-state index in [9.17, 15) is 4.79 Å². The first-order chi connectivity index (χ1) is 13.7. The summed E-state index contributed by atoms with van der Waals surface area (Å²) in [5, 5.41) is 2.89. The maximum atomic E-state index is 12.5. The molecule has 6 nitrogen and oxygen atoms in total. The number of para-hydroxylation sites is 2. The molecule has 0 bridgehead atoms. The maximum Gasteiger partial charge on any atom is 0.259 e. The van der Waals surface area contributed by atoms with Crippen LogP contribution < -0.4 is 10.1 Å². The number of nitrogens with one attached hydrogen (secondary N) is 1. The van der Waals surface area contributed by atoms with Crippen LogP contribution in [0.25, 0.3) is 11.0 Å². The van der Waals surface area contributed by atoms with Gasteiger partial charge in [0.25, 0.3) is 5.91 Å². The van der Waals surface area contributed by atoms with Gasteiger partial charge < -0.3 is 9.30 Å². The van der Waals surface area contributed by atoms with Crippen LogP contribution in [-0.2, 0) is 6.54 Å². The van der Waals surface area contributed by atoms with E-state index in [0.29, 0.717) is 24.7 Å². The topological polar surface area (TPSA) is 69.0 Å². The number of ether oxygens (including phenoxy) is 1. The molecule has 28 heavy (non-hydrogen) atoms. The van der Waals surface area contributed by atoms with Crippen molar-refractivity contribution >= 4 is 22.9 Å². The van der Waals surface area contributed by atoms with Gasteiger partial charge in [0.15, 0.2) is 0 Å². The predicted molar refractivity (Wildman–Crippen MR) is 109 cm³/mol. The fraction of sp³-hybridized carbons (Fsp3) is 0.136. The van der Waals surface area contributed by atoms with Crippen molar-refractivity contribution in [3.05, 3.63) is 84.2 Å². The molecule has 0 saturated heterocycles. The SMILES string of the molecule is Cc1cccc(OCCn2c(NC(=O)c3cccnc3)nc3ccccc32)c1. The summed E-state index contributed by atoms with van der Waals surface area (Å²) in [6.07, 6.45) is 3.16. The zero-order valence-electron chi connectivity index (χ0n) is 15.5. The predicted octanol–water partition coefficient (Wildman–Crippen LogP) is 4.07. The van der Waals surface area contributed by atoms with Crippen LogP contribution in [0.4, 0.5) is 5.95 Å². The molecule has 0 aliphatic heterocycles. The largest absolute Gasteiger partial charge is 0.492 e. The molecule has 6 heteroatoms. The Morgan fingerprint density at radius 2 is 2.00 bits per heavy atom. The van der Waals surface area contributed by atoms with Crippen LogP contribution in [0.1, 0.15) is 15.9 Å². The van der Waals surface area contributed by atoms with Crippen LogP contribution in [0.3, 0.4) is 0 Å². The number of rotatable bonds is 6. The number of imidazole rings is 1. The van der Waals surface area contributed by atoms with Crippen molar-refractivity contribution in [2.24, 2.45) is 0 Å². The molecule has 0 unspecified atom stereocenters. The molecule has 1 amide bonds. The lowest BCUT2D eigenvalue weighted by molar-refractivity contribution is 0.102. The maximum absolute atomic E-state index is 12.5. The molecule has 2 heterocycles. The number of hydrogen-bond donors (Lipinski definition) is 1.